The third-order valence-corrected chi connectivity index (χ3v) is 3.77. The van der Waals surface area contributed by atoms with E-state index in [1.165, 1.54) is 17.2 Å². The summed E-state index contributed by atoms with van der Waals surface area (Å²) in [5.41, 5.74) is 6.81. The molecule has 3 aromatic rings. The third-order valence-electron chi connectivity index (χ3n) is 3.77. The van der Waals surface area contributed by atoms with Crippen molar-refractivity contribution in [1.29, 1.82) is 0 Å². The molecule has 0 fully saturated rings. The summed E-state index contributed by atoms with van der Waals surface area (Å²) in [4.78, 5) is 32.9. The molecule has 0 saturated carbocycles. The fourth-order valence-electron chi connectivity index (χ4n) is 2.45. The van der Waals surface area contributed by atoms with Gasteiger partial charge < -0.3 is 11.1 Å². The highest BCUT2D eigenvalue weighted by molar-refractivity contribution is 6.06. The van der Waals surface area contributed by atoms with Crippen LogP contribution in [0.1, 0.15) is 16.1 Å². The number of para-hydroxylation sites is 1. The van der Waals surface area contributed by atoms with Crippen LogP contribution in [0.5, 0.6) is 0 Å². The summed E-state index contributed by atoms with van der Waals surface area (Å²) in [6, 6.07) is 9.10. The van der Waals surface area contributed by atoms with Crippen molar-refractivity contribution in [2.45, 2.75) is 6.92 Å². The Hall–Kier alpha value is -3.42. The zero-order valence-electron chi connectivity index (χ0n) is 13.2. The number of hydrogen-bond acceptors (Lipinski definition) is 5. The SMILES string of the molecule is Cc1c(C(=O)Nc2cncnc2N)c(=O)n(-c2ccccc2)n1C. The minimum absolute atomic E-state index is 0.0459. The zero-order chi connectivity index (χ0) is 17.3. The first-order valence-corrected chi connectivity index (χ1v) is 7.21. The lowest BCUT2D eigenvalue weighted by Crippen LogP contribution is -2.25. The monoisotopic (exact) mass is 324 g/mol. The van der Waals surface area contributed by atoms with Crippen LogP contribution in [-0.2, 0) is 7.05 Å². The van der Waals surface area contributed by atoms with Crippen LogP contribution in [0.15, 0.2) is 47.7 Å². The van der Waals surface area contributed by atoms with E-state index in [0.29, 0.717) is 11.4 Å². The van der Waals surface area contributed by atoms with Crippen LogP contribution in [0, 0.1) is 6.92 Å². The van der Waals surface area contributed by atoms with Gasteiger partial charge in [-0.05, 0) is 19.1 Å². The van der Waals surface area contributed by atoms with Crippen LogP contribution in [0.4, 0.5) is 11.5 Å². The van der Waals surface area contributed by atoms with E-state index in [4.69, 9.17) is 5.73 Å². The fourth-order valence-corrected chi connectivity index (χ4v) is 2.45. The Balaban J connectivity index is 2.05. The predicted molar refractivity (Wildman–Crippen MR) is 90.1 cm³/mol. The van der Waals surface area contributed by atoms with Gasteiger partial charge in [-0.25, -0.2) is 14.6 Å². The van der Waals surface area contributed by atoms with Crippen molar-refractivity contribution >= 4 is 17.4 Å². The van der Waals surface area contributed by atoms with Crippen molar-refractivity contribution < 1.29 is 4.79 Å². The topological polar surface area (TPSA) is 108 Å². The summed E-state index contributed by atoms with van der Waals surface area (Å²) in [5.74, 6) is -0.417. The molecule has 2 aromatic heterocycles. The highest BCUT2D eigenvalue weighted by Gasteiger charge is 2.22. The smallest absolute Gasteiger partial charge is 0.284 e. The summed E-state index contributed by atoms with van der Waals surface area (Å²) in [6.45, 7) is 1.71. The zero-order valence-corrected chi connectivity index (χ0v) is 13.2. The predicted octanol–water partition coefficient (Wildman–Crippen LogP) is 1.11. The fraction of sp³-hybridized carbons (Fsp3) is 0.125. The molecule has 3 N–H and O–H groups in total. The number of nitrogens with zero attached hydrogens (tertiary/aromatic N) is 4. The molecule has 1 amide bonds. The molecule has 0 aliphatic carbocycles. The minimum atomic E-state index is -0.552. The van der Waals surface area contributed by atoms with E-state index < -0.39 is 11.5 Å². The van der Waals surface area contributed by atoms with Crippen LogP contribution in [0.3, 0.4) is 0 Å². The Morgan fingerprint density at radius 1 is 1.25 bits per heavy atom. The largest absolute Gasteiger partial charge is 0.382 e. The van der Waals surface area contributed by atoms with Gasteiger partial charge in [0, 0.05) is 7.05 Å². The number of rotatable bonds is 3. The Labute approximate surface area is 137 Å². The lowest BCUT2D eigenvalue weighted by atomic mass is 10.2. The lowest BCUT2D eigenvalue weighted by molar-refractivity contribution is 0.102. The molecule has 8 nitrogen and oxygen atoms in total. The highest BCUT2D eigenvalue weighted by atomic mass is 16.2. The Morgan fingerprint density at radius 3 is 2.62 bits per heavy atom. The van der Waals surface area contributed by atoms with Gasteiger partial charge >= 0.3 is 0 Å². The quantitative estimate of drug-likeness (QED) is 0.750. The lowest BCUT2D eigenvalue weighted by Gasteiger charge is -2.07. The molecule has 0 aliphatic heterocycles. The molecule has 0 aliphatic rings. The second-order valence-electron chi connectivity index (χ2n) is 5.21. The molecule has 0 bridgehead atoms. The van der Waals surface area contributed by atoms with Crippen molar-refractivity contribution in [1.82, 2.24) is 19.3 Å². The molecule has 0 atom stereocenters. The summed E-state index contributed by atoms with van der Waals surface area (Å²) in [5, 5.41) is 2.58. The van der Waals surface area contributed by atoms with E-state index in [-0.39, 0.29) is 17.1 Å². The summed E-state index contributed by atoms with van der Waals surface area (Å²) in [6.07, 6.45) is 2.66. The van der Waals surface area contributed by atoms with Crippen LogP contribution in [0.25, 0.3) is 5.69 Å². The van der Waals surface area contributed by atoms with Crippen LogP contribution < -0.4 is 16.6 Å². The molecule has 0 radical (unpaired) electrons. The molecule has 0 spiro atoms. The summed E-state index contributed by atoms with van der Waals surface area (Å²) >= 11 is 0. The van der Waals surface area contributed by atoms with Crippen molar-refractivity contribution in [2.24, 2.45) is 7.05 Å². The second-order valence-corrected chi connectivity index (χ2v) is 5.21. The first-order valence-electron chi connectivity index (χ1n) is 7.21. The molecular formula is C16H16N6O2. The average molecular weight is 324 g/mol. The van der Waals surface area contributed by atoms with Gasteiger partial charge in [0.1, 0.15) is 17.6 Å². The first kappa shape index (κ1) is 15.5. The number of amides is 1. The minimum Gasteiger partial charge on any atom is -0.382 e. The number of hydrogen-bond donors (Lipinski definition) is 2. The molecular weight excluding hydrogens is 308 g/mol. The molecule has 0 unspecified atom stereocenters. The van der Waals surface area contributed by atoms with E-state index in [0.717, 1.165) is 0 Å². The number of nitrogens with one attached hydrogen (secondary N) is 1. The molecule has 8 heteroatoms. The van der Waals surface area contributed by atoms with Gasteiger partial charge in [0.05, 0.1) is 17.6 Å². The molecule has 2 heterocycles. The van der Waals surface area contributed by atoms with E-state index in [9.17, 15) is 9.59 Å². The number of benzene rings is 1. The van der Waals surface area contributed by atoms with Gasteiger partial charge in [-0.15, -0.1) is 0 Å². The van der Waals surface area contributed by atoms with Gasteiger partial charge in [0.2, 0.25) is 0 Å². The molecule has 0 saturated heterocycles. The number of nitrogens with two attached hydrogens (primary N) is 1. The number of carbonyl (C=O) groups is 1. The maximum atomic E-state index is 12.7. The van der Waals surface area contributed by atoms with Gasteiger partial charge in [0.15, 0.2) is 5.82 Å². The van der Waals surface area contributed by atoms with Gasteiger partial charge in [-0.2, -0.15) is 0 Å². The Bertz CT molecular complexity index is 958. The first-order chi connectivity index (χ1) is 11.5. The van der Waals surface area contributed by atoms with Gasteiger partial charge in [-0.1, -0.05) is 18.2 Å². The molecule has 24 heavy (non-hydrogen) atoms. The summed E-state index contributed by atoms with van der Waals surface area (Å²) < 4.78 is 3.08. The van der Waals surface area contributed by atoms with Crippen molar-refractivity contribution in [2.75, 3.05) is 11.1 Å². The Morgan fingerprint density at radius 2 is 1.96 bits per heavy atom. The normalized spacial score (nSPS) is 10.6. The maximum absolute atomic E-state index is 12.7. The van der Waals surface area contributed by atoms with Crippen LogP contribution >= 0.6 is 0 Å². The van der Waals surface area contributed by atoms with E-state index in [1.54, 1.807) is 30.8 Å². The maximum Gasteiger partial charge on any atom is 0.284 e. The number of aromatic nitrogens is 4. The molecule has 3 rings (SSSR count). The van der Waals surface area contributed by atoms with E-state index in [2.05, 4.69) is 15.3 Å². The van der Waals surface area contributed by atoms with E-state index >= 15 is 0 Å². The van der Waals surface area contributed by atoms with Gasteiger partial charge in [0.25, 0.3) is 11.5 Å². The van der Waals surface area contributed by atoms with E-state index in [1.807, 2.05) is 18.2 Å². The molecule has 1 aromatic carbocycles. The summed E-state index contributed by atoms with van der Waals surface area (Å²) in [7, 11) is 1.72. The standard InChI is InChI=1S/C16H16N6O2/c1-10-13(15(23)20-12-8-18-9-19-14(12)17)16(24)22(21(10)2)11-6-4-3-5-7-11/h3-9H,1-2H3,(H,20,23)(H2,17,18,19). The highest BCUT2D eigenvalue weighted by Crippen LogP contribution is 2.15. The van der Waals surface area contributed by atoms with Crippen molar-refractivity contribution in [3.63, 3.8) is 0 Å². The Kier molecular flexibility index (Phi) is 3.87. The van der Waals surface area contributed by atoms with Crippen LogP contribution in [-0.4, -0.2) is 25.2 Å². The van der Waals surface area contributed by atoms with Gasteiger partial charge in [-0.3, -0.25) is 14.3 Å². The number of carbonyl (C=O) groups excluding carboxylic acids is 1. The number of nitrogen functional groups attached to an aromatic ring is 1. The van der Waals surface area contributed by atoms with Crippen molar-refractivity contribution in [3.8, 4) is 5.69 Å². The molecule has 122 valence electrons. The van der Waals surface area contributed by atoms with Crippen LogP contribution in [0.2, 0.25) is 0 Å². The van der Waals surface area contributed by atoms with Crippen molar-refractivity contribution in [3.05, 3.63) is 64.5 Å². The average Bonchev–Trinajstić information content (AvgIpc) is 2.80. The number of anilines is 2. The third kappa shape index (κ3) is 2.54. The second kappa shape index (κ2) is 5.99.